The van der Waals surface area contributed by atoms with Crippen molar-refractivity contribution in [1.29, 1.82) is 0 Å². The highest BCUT2D eigenvalue weighted by atomic mass is 19.4. The number of aryl methyl sites for hydroxylation is 1. The number of hydrogen-bond acceptors (Lipinski definition) is 4. The van der Waals surface area contributed by atoms with Crippen LogP contribution in [-0.2, 0) is 20.9 Å². The van der Waals surface area contributed by atoms with Crippen molar-refractivity contribution in [3.8, 4) is 0 Å². The third kappa shape index (κ3) is 4.27. The lowest BCUT2D eigenvalue weighted by Gasteiger charge is -2.38. The van der Waals surface area contributed by atoms with Crippen LogP contribution in [0.2, 0.25) is 0 Å². The Bertz CT molecular complexity index is 600. The van der Waals surface area contributed by atoms with Gasteiger partial charge in [-0.05, 0) is 31.7 Å². The summed E-state index contributed by atoms with van der Waals surface area (Å²) in [4.78, 5) is 25.4. The Hall–Kier alpha value is -2.06. The molecule has 1 saturated heterocycles. The highest BCUT2D eigenvalue weighted by Crippen LogP contribution is 2.33. The second kappa shape index (κ2) is 7.23. The molecule has 0 aromatic carbocycles. The van der Waals surface area contributed by atoms with Gasteiger partial charge in [-0.15, -0.1) is 0 Å². The number of alkyl halides is 3. The van der Waals surface area contributed by atoms with Gasteiger partial charge in [0.1, 0.15) is 0 Å². The number of amides is 1. The summed E-state index contributed by atoms with van der Waals surface area (Å²) in [6.07, 6.45) is -1.60. The van der Waals surface area contributed by atoms with Crippen molar-refractivity contribution in [2.75, 3.05) is 13.2 Å². The number of halogens is 3. The van der Waals surface area contributed by atoms with Crippen molar-refractivity contribution in [1.82, 2.24) is 14.7 Å². The number of carbonyl (C=O) groups is 2. The van der Waals surface area contributed by atoms with Gasteiger partial charge in [-0.3, -0.25) is 9.48 Å². The Kier molecular flexibility index (Phi) is 5.51. The van der Waals surface area contributed by atoms with Crippen LogP contribution in [0.3, 0.4) is 0 Å². The predicted octanol–water partition coefficient (Wildman–Crippen LogP) is 2.31. The fourth-order valence-corrected chi connectivity index (χ4v) is 2.90. The number of likely N-dealkylation sites (tertiary alicyclic amines) is 1. The quantitative estimate of drug-likeness (QED) is 0.622. The summed E-state index contributed by atoms with van der Waals surface area (Å²) in [5.74, 6) is -2.37. The summed E-state index contributed by atoms with van der Waals surface area (Å²) < 4.78 is 42.3. The average Bonchev–Trinajstić information content (AvgIpc) is 2.99. The lowest BCUT2D eigenvalue weighted by atomic mass is 9.92. The molecule has 0 N–H and O–H groups in total. The lowest BCUT2D eigenvalue weighted by molar-refractivity contribution is -0.190. The average molecular weight is 347 g/mol. The molecule has 2 rings (SSSR count). The molecular weight excluding hydrogens is 327 g/mol. The Morgan fingerprint density at radius 2 is 2.08 bits per heavy atom. The van der Waals surface area contributed by atoms with Gasteiger partial charge < -0.3 is 9.64 Å². The molecule has 0 aliphatic carbocycles. The smallest absolute Gasteiger partial charge is 0.422 e. The fourth-order valence-electron chi connectivity index (χ4n) is 2.90. The van der Waals surface area contributed by atoms with E-state index in [1.165, 1.54) is 4.90 Å². The van der Waals surface area contributed by atoms with Crippen LogP contribution in [-0.4, -0.2) is 45.9 Å². The van der Waals surface area contributed by atoms with E-state index in [4.69, 9.17) is 0 Å². The number of nitrogens with zero attached hydrogens (tertiary/aromatic N) is 3. The van der Waals surface area contributed by atoms with E-state index in [1.807, 2.05) is 13.8 Å². The van der Waals surface area contributed by atoms with Crippen LogP contribution in [0, 0.1) is 5.92 Å². The van der Waals surface area contributed by atoms with Crippen LogP contribution in [0.5, 0.6) is 0 Å². The predicted molar refractivity (Wildman–Crippen MR) is 77.8 cm³/mol. The van der Waals surface area contributed by atoms with Crippen LogP contribution in [0.15, 0.2) is 12.3 Å². The first-order valence-electron chi connectivity index (χ1n) is 7.79. The Morgan fingerprint density at radius 3 is 2.71 bits per heavy atom. The summed E-state index contributed by atoms with van der Waals surface area (Å²) in [6, 6.07) is 1.36. The zero-order valence-electron chi connectivity index (χ0n) is 13.5. The van der Waals surface area contributed by atoms with E-state index in [0.29, 0.717) is 19.5 Å². The highest BCUT2D eigenvalue weighted by Gasteiger charge is 2.38. The number of piperidine rings is 1. The molecular formula is C15H20F3N3O3. The minimum Gasteiger partial charge on any atom is -0.449 e. The van der Waals surface area contributed by atoms with Crippen molar-refractivity contribution < 1.29 is 27.5 Å². The molecule has 9 heteroatoms. The van der Waals surface area contributed by atoms with Gasteiger partial charge in [0.25, 0.3) is 0 Å². The van der Waals surface area contributed by atoms with Crippen molar-refractivity contribution in [3.05, 3.63) is 18.0 Å². The van der Waals surface area contributed by atoms with E-state index >= 15 is 0 Å². The van der Waals surface area contributed by atoms with Crippen LogP contribution >= 0.6 is 0 Å². The minimum absolute atomic E-state index is 0.151. The summed E-state index contributed by atoms with van der Waals surface area (Å²) in [7, 11) is 0. The van der Waals surface area contributed by atoms with Gasteiger partial charge in [0, 0.05) is 19.3 Å². The Morgan fingerprint density at radius 1 is 1.38 bits per heavy atom. The molecule has 1 aliphatic heterocycles. The van der Waals surface area contributed by atoms with Crippen molar-refractivity contribution in [2.45, 2.75) is 45.5 Å². The molecule has 24 heavy (non-hydrogen) atoms. The Labute approximate surface area is 137 Å². The summed E-state index contributed by atoms with van der Waals surface area (Å²) >= 11 is 0. The highest BCUT2D eigenvalue weighted by molar-refractivity contribution is 6.32. The van der Waals surface area contributed by atoms with Gasteiger partial charge in [-0.25, -0.2) is 4.79 Å². The second-order valence-corrected chi connectivity index (χ2v) is 5.92. The van der Waals surface area contributed by atoms with Gasteiger partial charge in [-0.2, -0.15) is 18.3 Å². The number of hydrogen-bond donors (Lipinski definition) is 0. The van der Waals surface area contributed by atoms with Crippen LogP contribution in [0.25, 0.3) is 0 Å². The molecule has 6 nitrogen and oxygen atoms in total. The van der Waals surface area contributed by atoms with Gasteiger partial charge >= 0.3 is 18.1 Å². The number of aromatic nitrogens is 2. The third-order valence-electron chi connectivity index (χ3n) is 4.01. The normalized spacial score (nSPS) is 21.6. The molecule has 2 atom stereocenters. The molecule has 0 unspecified atom stereocenters. The first-order chi connectivity index (χ1) is 11.2. The van der Waals surface area contributed by atoms with Crippen molar-refractivity contribution >= 4 is 11.9 Å². The van der Waals surface area contributed by atoms with E-state index in [2.05, 4.69) is 9.84 Å². The monoisotopic (exact) mass is 347 g/mol. The Balaban J connectivity index is 2.16. The number of ether oxygens (including phenoxy) is 1. The summed E-state index contributed by atoms with van der Waals surface area (Å²) in [5, 5.41) is 4.15. The molecule has 0 bridgehead atoms. The third-order valence-corrected chi connectivity index (χ3v) is 4.01. The molecule has 1 fully saturated rings. The van der Waals surface area contributed by atoms with E-state index in [-0.39, 0.29) is 5.92 Å². The zero-order chi connectivity index (χ0) is 17.9. The molecule has 134 valence electrons. The maximum absolute atomic E-state index is 12.3. The van der Waals surface area contributed by atoms with Gasteiger partial charge in [0.2, 0.25) is 0 Å². The van der Waals surface area contributed by atoms with E-state index in [9.17, 15) is 22.8 Å². The maximum atomic E-state index is 12.3. The molecule has 2 heterocycles. The number of rotatable bonds is 3. The van der Waals surface area contributed by atoms with Gasteiger partial charge in [0.05, 0.1) is 11.7 Å². The lowest BCUT2D eigenvalue weighted by Crippen LogP contribution is -2.46. The van der Waals surface area contributed by atoms with E-state index in [1.54, 1.807) is 16.9 Å². The van der Waals surface area contributed by atoms with E-state index < -0.39 is 30.7 Å². The first kappa shape index (κ1) is 18.3. The minimum atomic E-state index is -4.66. The van der Waals surface area contributed by atoms with Crippen molar-refractivity contribution in [3.63, 3.8) is 0 Å². The summed E-state index contributed by atoms with van der Waals surface area (Å²) in [6.45, 7) is 2.94. The standard InChI is InChI=1S/C15H20F3N3O3/c1-3-21-12(6-7-19-21)11-5-4-10(2)8-20(11)13(22)14(23)24-9-15(16,17)18/h6-7,10-11H,3-5,8-9H2,1-2H3/t10-,11-/m0/s1. The maximum Gasteiger partial charge on any atom is 0.422 e. The van der Waals surface area contributed by atoms with Gasteiger partial charge in [-0.1, -0.05) is 6.92 Å². The zero-order valence-corrected chi connectivity index (χ0v) is 13.5. The SMILES string of the molecule is CCn1nccc1[C@@H]1CC[C@H](C)CN1C(=O)C(=O)OCC(F)(F)F. The molecule has 1 amide bonds. The molecule has 0 saturated carbocycles. The van der Waals surface area contributed by atoms with Crippen LogP contribution in [0.1, 0.15) is 38.4 Å². The van der Waals surface area contributed by atoms with Gasteiger partial charge in [0.15, 0.2) is 6.61 Å². The van der Waals surface area contributed by atoms with Crippen LogP contribution < -0.4 is 0 Å². The van der Waals surface area contributed by atoms with Crippen LogP contribution in [0.4, 0.5) is 13.2 Å². The first-order valence-corrected chi connectivity index (χ1v) is 7.79. The number of carbonyl (C=O) groups excluding carboxylic acids is 2. The van der Waals surface area contributed by atoms with Crippen molar-refractivity contribution in [2.24, 2.45) is 5.92 Å². The molecule has 1 aromatic heterocycles. The summed E-state index contributed by atoms with van der Waals surface area (Å²) in [5.41, 5.74) is 0.765. The number of esters is 1. The molecule has 1 aliphatic rings. The molecule has 1 aromatic rings. The largest absolute Gasteiger partial charge is 0.449 e. The fraction of sp³-hybridized carbons (Fsp3) is 0.667. The topological polar surface area (TPSA) is 64.4 Å². The molecule has 0 spiro atoms. The van der Waals surface area contributed by atoms with E-state index in [0.717, 1.165) is 12.1 Å². The molecule has 0 radical (unpaired) electrons. The second-order valence-electron chi connectivity index (χ2n) is 5.92.